The molecule has 1 aliphatic heterocycles. The summed E-state index contributed by atoms with van der Waals surface area (Å²) in [6.45, 7) is 2.40. The molecule has 0 aromatic carbocycles. The van der Waals surface area contributed by atoms with Gasteiger partial charge < -0.3 is 9.47 Å². The second kappa shape index (κ2) is 9.18. The van der Waals surface area contributed by atoms with Gasteiger partial charge in [-0.2, -0.15) is 0 Å². The van der Waals surface area contributed by atoms with Crippen LogP contribution in [0.25, 0.3) is 0 Å². The summed E-state index contributed by atoms with van der Waals surface area (Å²) in [5.74, 6) is -1.56. The molecule has 0 radical (unpaired) electrons. The van der Waals surface area contributed by atoms with E-state index in [0.29, 0.717) is 12.5 Å². The molecular weight excluding hydrogens is 346 g/mol. The summed E-state index contributed by atoms with van der Waals surface area (Å²) < 4.78 is 10.6. The van der Waals surface area contributed by atoms with Gasteiger partial charge in [-0.25, -0.2) is 0 Å². The number of esters is 1. The molecule has 27 heavy (non-hydrogen) atoms. The van der Waals surface area contributed by atoms with E-state index in [1.807, 2.05) is 0 Å². The summed E-state index contributed by atoms with van der Waals surface area (Å²) in [5, 5.41) is 0. The lowest BCUT2D eigenvalue weighted by Gasteiger charge is -2.30. The Labute approximate surface area is 161 Å². The van der Waals surface area contributed by atoms with Gasteiger partial charge in [0.1, 0.15) is 5.92 Å². The molecule has 6 nitrogen and oxygen atoms in total. The third-order valence-electron chi connectivity index (χ3n) is 6.77. The maximum atomic E-state index is 13.1. The molecule has 3 fully saturated rings. The number of rotatable bonds is 5. The highest BCUT2D eigenvalue weighted by atomic mass is 16.5. The summed E-state index contributed by atoms with van der Waals surface area (Å²) in [7, 11) is 1.70. The molecule has 1 saturated heterocycles. The van der Waals surface area contributed by atoms with Crippen molar-refractivity contribution in [1.29, 1.82) is 0 Å². The lowest BCUT2D eigenvalue weighted by atomic mass is 9.75. The molecule has 0 aromatic heterocycles. The predicted molar refractivity (Wildman–Crippen MR) is 99.7 cm³/mol. The van der Waals surface area contributed by atoms with Crippen molar-refractivity contribution < 1.29 is 23.9 Å². The van der Waals surface area contributed by atoms with E-state index >= 15 is 0 Å². The molecule has 3 rings (SSSR count). The fraction of sp³-hybridized carbons (Fsp3) is 0.857. The van der Waals surface area contributed by atoms with Crippen LogP contribution in [0.3, 0.4) is 0 Å². The summed E-state index contributed by atoms with van der Waals surface area (Å²) >= 11 is 0. The Morgan fingerprint density at radius 3 is 2.30 bits per heavy atom. The topological polar surface area (TPSA) is 72.9 Å². The van der Waals surface area contributed by atoms with Crippen molar-refractivity contribution >= 4 is 17.8 Å². The van der Waals surface area contributed by atoms with Gasteiger partial charge in [0.2, 0.25) is 11.8 Å². The van der Waals surface area contributed by atoms with Crippen molar-refractivity contribution in [2.24, 2.45) is 23.7 Å². The largest absolute Gasteiger partial charge is 0.465 e. The van der Waals surface area contributed by atoms with Crippen molar-refractivity contribution in [3.8, 4) is 0 Å². The standard InChI is InChI=1S/C21H33NO5/c1-3-27-21(25)18-17(14-7-5-4-6-8-14)13-22(20(18)24)19(23)15-9-11-16(26-2)12-10-15/h14-18H,3-13H2,1-2H3. The van der Waals surface area contributed by atoms with Gasteiger partial charge in [0.15, 0.2) is 0 Å². The van der Waals surface area contributed by atoms with Crippen molar-refractivity contribution in [2.45, 2.75) is 70.8 Å². The number of hydrogen-bond donors (Lipinski definition) is 0. The van der Waals surface area contributed by atoms with Gasteiger partial charge in [-0.05, 0) is 38.5 Å². The molecule has 0 bridgehead atoms. The second-order valence-electron chi connectivity index (χ2n) is 8.29. The van der Waals surface area contributed by atoms with E-state index in [1.54, 1.807) is 14.0 Å². The van der Waals surface area contributed by atoms with Gasteiger partial charge in [0.25, 0.3) is 0 Å². The lowest BCUT2D eigenvalue weighted by Crippen LogP contribution is -2.41. The van der Waals surface area contributed by atoms with E-state index in [1.165, 1.54) is 11.3 Å². The first kappa shape index (κ1) is 20.3. The molecule has 0 N–H and O–H groups in total. The summed E-state index contributed by atoms with van der Waals surface area (Å²) in [5.41, 5.74) is 0. The van der Waals surface area contributed by atoms with Crippen LogP contribution in [0.15, 0.2) is 0 Å². The Balaban J connectivity index is 1.73. The Hall–Kier alpha value is -1.43. The van der Waals surface area contributed by atoms with Crippen LogP contribution < -0.4 is 0 Å². The van der Waals surface area contributed by atoms with Crippen molar-refractivity contribution in [1.82, 2.24) is 4.90 Å². The van der Waals surface area contributed by atoms with Gasteiger partial charge in [-0.15, -0.1) is 0 Å². The number of hydrogen-bond acceptors (Lipinski definition) is 5. The molecule has 0 spiro atoms. The predicted octanol–water partition coefficient (Wildman–Crippen LogP) is 2.94. The Bertz CT molecular complexity index is 549. The lowest BCUT2D eigenvalue weighted by molar-refractivity contribution is -0.156. The first-order valence-corrected chi connectivity index (χ1v) is 10.6. The average Bonchev–Trinajstić information content (AvgIpc) is 3.05. The second-order valence-corrected chi connectivity index (χ2v) is 8.29. The van der Waals surface area contributed by atoms with Gasteiger partial charge in [0.05, 0.1) is 12.7 Å². The van der Waals surface area contributed by atoms with E-state index in [2.05, 4.69) is 0 Å². The molecule has 6 heteroatoms. The third-order valence-corrected chi connectivity index (χ3v) is 6.77. The van der Waals surface area contributed by atoms with E-state index in [4.69, 9.17) is 9.47 Å². The number of amides is 2. The zero-order chi connectivity index (χ0) is 19.4. The van der Waals surface area contributed by atoms with E-state index in [-0.39, 0.29) is 36.4 Å². The van der Waals surface area contributed by atoms with E-state index < -0.39 is 11.9 Å². The van der Waals surface area contributed by atoms with Crippen LogP contribution in [-0.2, 0) is 23.9 Å². The van der Waals surface area contributed by atoms with Gasteiger partial charge in [-0.3, -0.25) is 19.3 Å². The normalized spacial score (nSPS) is 32.5. The summed E-state index contributed by atoms with van der Waals surface area (Å²) in [4.78, 5) is 40.1. The van der Waals surface area contributed by atoms with Crippen molar-refractivity contribution in [3.05, 3.63) is 0 Å². The summed E-state index contributed by atoms with van der Waals surface area (Å²) in [6.07, 6.45) is 8.98. The number of carbonyl (C=O) groups is 3. The minimum atomic E-state index is -0.799. The first-order chi connectivity index (χ1) is 13.1. The molecule has 2 amide bonds. The molecule has 2 unspecified atom stereocenters. The van der Waals surface area contributed by atoms with E-state index in [0.717, 1.165) is 51.4 Å². The fourth-order valence-electron chi connectivity index (χ4n) is 5.21. The Morgan fingerprint density at radius 2 is 1.70 bits per heavy atom. The maximum Gasteiger partial charge on any atom is 0.318 e. The number of methoxy groups -OCH3 is 1. The third kappa shape index (κ3) is 4.36. The van der Waals surface area contributed by atoms with Crippen molar-refractivity contribution in [3.63, 3.8) is 0 Å². The smallest absolute Gasteiger partial charge is 0.318 e. The highest BCUT2D eigenvalue weighted by Gasteiger charge is 2.51. The average molecular weight is 379 g/mol. The monoisotopic (exact) mass is 379 g/mol. The number of ether oxygens (including phenoxy) is 2. The Kier molecular flexibility index (Phi) is 6.90. The zero-order valence-corrected chi connectivity index (χ0v) is 16.7. The van der Waals surface area contributed by atoms with Crippen LogP contribution in [0.4, 0.5) is 0 Å². The van der Waals surface area contributed by atoms with E-state index in [9.17, 15) is 14.4 Å². The Morgan fingerprint density at radius 1 is 1.04 bits per heavy atom. The maximum absolute atomic E-state index is 13.1. The van der Waals surface area contributed by atoms with Crippen LogP contribution in [0.1, 0.15) is 64.7 Å². The summed E-state index contributed by atoms with van der Waals surface area (Å²) in [6, 6.07) is 0. The number of imide groups is 1. The van der Waals surface area contributed by atoms with Gasteiger partial charge >= 0.3 is 5.97 Å². The highest BCUT2D eigenvalue weighted by Crippen LogP contribution is 2.40. The van der Waals surface area contributed by atoms with Crippen molar-refractivity contribution in [2.75, 3.05) is 20.3 Å². The number of carbonyl (C=O) groups excluding carboxylic acids is 3. The zero-order valence-electron chi connectivity index (χ0n) is 16.7. The molecule has 1 heterocycles. The minimum Gasteiger partial charge on any atom is -0.465 e. The van der Waals surface area contributed by atoms with Crippen LogP contribution in [0.5, 0.6) is 0 Å². The van der Waals surface area contributed by atoms with Crippen LogP contribution in [0, 0.1) is 23.7 Å². The molecular formula is C21H33NO5. The minimum absolute atomic E-state index is 0.0869. The molecule has 2 saturated carbocycles. The van der Waals surface area contributed by atoms with Gasteiger partial charge in [0, 0.05) is 25.5 Å². The first-order valence-electron chi connectivity index (χ1n) is 10.6. The number of nitrogens with zero attached hydrogens (tertiary/aromatic N) is 1. The molecule has 2 atom stereocenters. The molecule has 2 aliphatic carbocycles. The molecule has 0 aromatic rings. The van der Waals surface area contributed by atoms with Gasteiger partial charge in [-0.1, -0.05) is 32.1 Å². The van der Waals surface area contributed by atoms with Crippen LogP contribution >= 0.6 is 0 Å². The van der Waals surface area contributed by atoms with Crippen LogP contribution in [0.2, 0.25) is 0 Å². The number of likely N-dealkylation sites (tertiary alicyclic amines) is 1. The fourth-order valence-corrected chi connectivity index (χ4v) is 5.21. The molecule has 152 valence electrons. The quantitative estimate of drug-likeness (QED) is 0.417. The van der Waals surface area contributed by atoms with Crippen LogP contribution in [-0.4, -0.2) is 49.0 Å². The SMILES string of the molecule is CCOC(=O)C1C(=O)N(C(=O)C2CCC(OC)CC2)CC1C1CCCCC1. The molecule has 3 aliphatic rings. The highest BCUT2D eigenvalue weighted by molar-refractivity contribution is 6.07.